The zero-order valence-corrected chi connectivity index (χ0v) is 11.2. The Kier molecular flexibility index (Phi) is 14.5. The molecule has 0 atom stereocenters. The molecule has 0 radical (unpaired) electrons. The van der Waals surface area contributed by atoms with Gasteiger partial charge in [0, 0.05) is 12.7 Å². The van der Waals surface area contributed by atoms with E-state index in [-0.39, 0.29) is 0 Å². The van der Waals surface area contributed by atoms with Crippen molar-refractivity contribution in [2.75, 3.05) is 0 Å². The molecule has 1 heterocycles. The van der Waals surface area contributed by atoms with Gasteiger partial charge >= 0.3 is 0 Å². The van der Waals surface area contributed by atoms with E-state index in [1.54, 1.807) is 0 Å². The van der Waals surface area contributed by atoms with Crippen molar-refractivity contribution in [3.63, 3.8) is 0 Å². The SMILES string of the molecule is CC.CC.CCCCn1cc(CC)nn1. The van der Waals surface area contributed by atoms with Crippen molar-refractivity contribution in [2.24, 2.45) is 0 Å². The quantitative estimate of drug-likeness (QED) is 0.763. The maximum Gasteiger partial charge on any atom is 0.0824 e. The summed E-state index contributed by atoms with van der Waals surface area (Å²) < 4.78 is 1.92. The monoisotopic (exact) mass is 213 g/mol. The van der Waals surface area contributed by atoms with Crippen LogP contribution in [0.15, 0.2) is 6.20 Å². The fourth-order valence-electron chi connectivity index (χ4n) is 0.930. The van der Waals surface area contributed by atoms with Crippen LogP contribution in [0.3, 0.4) is 0 Å². The average Bonchev–Trinajstić information content (AvgIpc) is 2.79. The van der Waals surface area contributed by atoms with Crippen molar-refractivity contribution in [2.45, 2.75) is 67.3 Å². The first kappa shape index (κ1) is 16.6. The van der Waals surface area contributed by atoms with Crippen LogP contribution in [0.25, 0.3) is 0 Å². The van der Waals surface area contributed by atoms with Gasteiger partial charge in [0.15, 0.2) is 0 Å². The Labute approximate surface area is 94.9 Å². The predicted octanol–water partition coefficient (Wildman–Crippen LogP) is 3.69. The molecule has 0 N–H and O–H groups in total. The van der Waals surface area contributed by atoms with Crippen molar-refractivity contribution in [3.05, 3.63) is 11.9 Å². The van der Waals surface area contributed by atoms with Crippen molar-refractivity contribution in [1.29, 1.82) is 0 Å². The molecule has 0 aliphatic carbocycles. The van der Waals surface area contributed by atoms with Crippen LogP contribution >= 0.6 is 0 Å². The van der Waals surface area contributed by atoms with E-state index >= 15 is 0 Å². The Bertz CT molecular complexity index is 206. The van der Waals surface area contributed by atoms with Crippen LogP contribution in [-0.4, -0.2) is 15.0 Å². The lowest BCUT2D eigenvalue weighted by Crippen LogP contribution is -1.97. The lowest BCUT2D eigenvalue weighted by Gasteiger charge is -1.94. The van der Waals surface area contributed by atoms with Gasteiger partial charge in [-0.15, -0.1) is 5.10 Å². The second-order valence-corrected chi connectivity index (χ2v) is 2.68. The standard InChI is InChI=1S/C8H15N3.2C2H6/c1-3-5-6-11-7-8(4-2)9-10-11;2*1-2/h7H,3-6H2,1-2H3;2*1-2H3. The third-order valence-corrected chi connectivity index (χ3v) is 1.69. The van der Waals surface area contributed by atoms with Gasteiger partial charge in [-0.3, -0.25) is 4.68 Å². The predicted molar refractivity (Wildman–Crippen MR) is 67.0 cm³/mol. The molecule has 0 amide bonds. The Morgan fingerprint density at radius 2 is 1.73 bits per heavy atom. The normalized spacial score (nSPS) is 8.40. The minimum atomic E-state index is 0.978. The van der Waals surface area contributed by atoms with Gasteiger partial charge in [0.05, 0.1) is 5.69 Å². The Hall–Kier alpha value is -0.860. The number of aryl methyl sites for hydroxylation is 2. The third-order valence-electron chi connectivity index (χ3n) is 1.69. The van der Waals surface area contributed by atoms with Crippen molar-refractivity contribution in [1.82, 2.24) is 15.0 Å². The van der Waals surface area contributed by atoms with E-state index in [4.69, 9.17) is 0 Å². The third kappa shape index (κ3) is 8.16. The molecule has 15 heavy (non-hydrogen) atoms. The van der Waals surface area contributed by atoms with E-state index < -0.39 is 0 Å². The Balaban J connectivity index is 0. The summed E-state index contributed by atoms with van der Waals surface area (Å²) in [5, 5.41) is 7.99. The summed E-state index contributed by atoms with van der Waals surface area (Å²) in [4.78, 5) is 0. The van der Waals surface area contributed by atoms with Gasteiger partial charge in [-0.2, -0.15) is 0 Å². The maximum absolute atomic E-state index is 4.00. The smallest absolute Gasteiger partial charge is 0.0824 e. The first-order valence-electron chi connectivity index (χ1n) is 6.25. The van der Waals surface area contributed by atoms with E-state index in [0.29, 0.717) is 0 Å². The van der Waals surface area contributed by atoms with E-state index in [2.05, 4.69) is 24.2 Å². The van der Waals surface area contributed by atoms with Crippen LogP contribution in [0.2, 0.25) is 0 Å². The van der Waals surface area contributed by atoms with Gasteiger partial charge in [-0.05, 0) is 12.8 Å². The maximum atomic E-state index is 4.00. The van der Waals surface area contributed by atoms with E-state index in [1.165, 1.54) is 12.8 Å². The molecular weight excluding hydrogens is 186 g/mol. The molecular formula is C12H27N3. The van der Waals surface area contributed by atoms with Gasteiger partial charge in [0.2, 0.25) is 0 Å². The molecule has 90 valence electrons. The number of hydrogen-bond acceptors (Lipinski definition) is 2. The zero-order chi connectivity index (χ0) is 12.1. The summed E-state index contributed by atoms with van der Waals surface area (Å²) in [5.41, 5.74) is 1.08. The second kappa shape index (κ2) is 13.1. The molecule has 0 aliphatic heterocycles. The molecule has 0 unspecified atom stereocenters. The van der Waals surface area contributed by atoms with Crippen LogP contribution < -0.4 is 0 Å². The molecule has 0 saturated heterocycles. The van der Waals surface area contributed by atoms with Crippen molar-refractivity contribution in [3.8, 4) is 0 Å². The largest absolute Gasteiger partial charge is 0.252 e. The van der Waals surface area contributed by atoms with Crippen LogP contribution in [0.5, 0.6) is 0 Å². The summed E-state index contributed by atoms with van der Waals surface area (Å²) >= 11 is 0. The summed E-state index contributed by atoms with van der Waals surface area (Å²) in [6.07, 6.45) is 5.40. The highest BCUT2D eigenvalue weighted by molar-refractivity contribution is 4.90. The molecule has 1 aromatic heterocycles. The molecule has 3 nitrogen and oxygen atoms in total. The number of nitrogens with zero attached hydrogens (tertiary/aromatic N) is 3. The Morgan fingerprint density at radius 1 is 1.13 bits per heavy atom. The first-order chi connectivity index (χ1) is 7.36. The van der Waals surface area contributed by atoms with Crippen LogP contribution in [-0.2, 0) is 13.0 Å². The lowest BCUT2D eigenvalue weighted by atomic mass is 10.3. The van der Waals surface area contributed by atoms with Crippen molar-refractivity contribution < 1.29 is 0 Å². The molecule has 0 bridgehead atoms. The minimum Gasteiger partial charge on any atom is -0.252 e. The zero-order valence-electron chi connectivity index (χ0n) is 11.2. The summed E-state index contributed by atoms with van der Waals surface area (Å²) in [7, 11) is 0. The van der Waals surface area contributed by atoms with Crippen LogP contribution in [0.4, 0.5) is 0 Å². The number of unbranched alkanes of at least 4 members (excludes halogenated alkanes) is 1. The lowest BCUT2D eigenvalue weighted by molar-refractivity contribution is 0.553. The van der Waals surface area contributed by atoms with E-state index in [1.807, 2.05) is 38.6 Å². The fourth-order valence-corrected chi connectivity index (χ4v) is 0.930. The molecule has 0 aliphatic rings. The van der Waals surface area contributed by atoms with Gasteiger partial charge < -0.3 is 0 Å². The van der Waals surface area contributed by atoms with E-state index in [0.717, 1.165) is 18.7 Å². The Morgan fingerprint density at radius 3 is 2.13 bits per heavy atom. The molecule has 0 spiro atoms. The molecule has 3 heteroatoms. The first-order valence-corrected chi connectivity index (χ1v) is 6.25. The highest BCUT2D eigenvalue weighted by Gasteiger charge is 1.95. The number of aromatic nitrogens is 3. The summed E-state index contributed by atoms with van der Waals surface area (Å²) in [6.45, 7) is 13.3. The average molecular weight is 213 g/mol. The summed E-state index contributed by atoms with van der Waals surface area (Å²) in [6, 6.07) is 0. The topological polar surface area (TPSA) is 30.7 Å². The van der Waals surface area contributed by atoms with Crippen LogP contribution in [0.1, 0.15) is 60.1 Å². The minimum absolute atomic E-state index is 0.978. The molecule has 1 aromatic rings. The number of rotatable bonds is 4. The van der Waals surface area contributed by atoms with Crippen molar-refractivity contribution >= 4 is 0 Å². The fraction of sp³-hybridized carbons (Fsp3) is 0.833. The molecule has 0 fully saturated rings. The molecule has 0 aromatic carbocycles. The highest BCUT2D eigenvalue weighted by atomic mass is 15.4. The van der Waals surface area contributed by atoms with Gasteiger partial charge in [-0.1, -0.05) is 53.2 Å². The molecule has 1 rings (SSSR count). The number of hydrogen-bond donors (Lipinski definition) is 0. The van der Waals surface area contributed by atoms with Gasteiger partial charge in [0.25, 0.3) is 0 Å². The van der Waals surface area contributed by atoms with E-state index in [9.17, 15) is 0 Å². The van der Waals surface area contributed by atoms with Gasteiger partial charge in [-0.25, -0.2) is 0 Å². The highest BCUT2D eigenvalue weighted by Crippen LogP contribution is 1.96. The second-order valence-electron chi connectivity index (χ2n) is 2.68. The summed E-state index contributed by atoms with van der Waals surface area (Å²) in [5.74, 6) is 0. The van der Waals surface area contributed by atoms with Gasteiger partial charge in [0.1, 0.15) is 0 Å². The van der Waals surface area contributed by atoms with Crippen LogP contribution in [0, 0.1) is 0 Å². The molecule has 0 saturated carbocycles.